The highest BCUT2D eigenvalue weighted by atomic mass is 32.2. The number of alkyl halides is 2. The van der Waals surface area contributed by atoms with Crippen molar-refractivity contribution in [1.82, 2.24) is 4.98 Å². The van der Waals surface area contributed by atoms with Gasteiger partial charge in [0.15, 0.2) is 0 Å². The zero-order valence-electron chi connectivity index (χ0n) is 19.0. The summed E-state index contributed by atoms with van der Waals surface area (Å²) in [5.41, 5.74) is 2.37. The number of nitrogens with zero attached hydrogens (tertiary/aromatic N) is 1. The van der Waals surface area contributed by atoms with Gasteiger partial charge in [0, 0.05) is 40.3 Å². The summed E-state index contributed by atoms with van der Waals surface area (Å²) in [6.07, 6.45) is 0.0910. The standard InChI is InChI=1S/C24H25F2NO4S2/c1-14-21(33-23(27-14)15-6-8-17(9-7-15)24(2,25)26)13-32-20-10-16(11-22(28)31-5)18(29-3)12-19(20)30-4/h6-10,12H,11,13H2,1-5H3. The average Bonchev–Trinajstić information content (AvgIpc) is 3.17. The number of hydrogen-bond acceptors (Lipinski definition) is 7. The van der Waals surface area contributed by atoms with Crippen LogP contribution >= 0.6 is 23.1 Å². The third-order valence-electron chi connectivity index (χ3n) is 5.02. The minimum absolute atomic E-state index is 0.0235. The van der Waals surface area contributed by atoms with E-state index in [-0.39, 0.29) is 18.0 Å². The molecule has 2 aromatic carbocycles. The summed E-state index contributed by atoms with van der Waals surface area (Å²) in [6, 6.07) is 9.86. The molecule has 5 nitrogen and oxygen atoms in total. The van der Waals surface area contributed by atoms with Crippen LogP contribution in [0.4, 0.5) is 8.78 Å². The highest BCUT2D eigenvalue weighted by Gasteiger charge is 2.24. The zero-order valence-corrected chi connectivity index (χ0v) is 20.7. The van der Waals surface area contributed by atoms with Crippen LogP contribution in [-0.4, -0.2) is 32.3 Å². The first-order chi connectivity index (χ1) is 15.7. The van der Waals surface area contributed by atoms with Gasteiger partial charge in [-0.15, -0.1) is 23.1 Å². The largest absolute Gasteiger partial charge is 0.496 e. The van der Waals surface area contributed by atoms with Crippen LogP contribution in [0.25, 0.3) is 10.6 Å². The molecule has 176 valence electrons. The van der Waals surface area contributed by atoms with Crippen molar-refractivity contribution in [2.75, 3.05) is 21.3 Å². The highest BCUT2D eigenvalue weighted by Crippen LogP contribution is 2.39. The molecule has 0 aliphatic heterocycles. The van der Waals surface area contributed by atoms with Crippen LogP contribution < -0.4 is 9.47 Å². The van der Waals surface area contributed by atoms with E-state index in [1.807, 2.05) is 13.0 Å². The Balaban J connectivity index is 1.82. The van der Waals surface area contributed by atoms with Gasteiger partial charge in [0.2, 0.25) is 0 Å². The number of carbonyl (C=O) groups is 1. The second-order valence-electron chi connectivity index (χ2n) is 7.35. The quantitative estimate of drug-likeness (QED) is 0.259. The summed E-state index contributed by atoms with van der Waals surface area (Å²) in [7, 11) is 4.47. The number of esters is 1. The van der Waals surface area contributed by atoms with Crippen molar-refractivity contribution in [3.8, 4) is 22.1 Å². The fraction of sp³-hybridized carbons (Fsp3) is 0.333. The SMILES string of the molecule is COC(=O)Cc1cc(SCc2sc(-c3ccc(C(C)(F)F)cc3)nc2C)c(OC)cc1OC. The third-order valence-corrected chi connectivity index (χ3v) is 7.47. The number of carbonyl (C=O) groups excluding carboxylic acids is 1. The molecular weight excluding hydrogens is 468 g/mol. The molecular formula is C24H25F2NO4S2. The molecule has 0 amide bonds. The Bertz CT molecular complexity index is 1120. The normalized spacial score (nSPS) is 11.4. The first-order valence-electron chi connectivity index (χ1n) is 10.1. The lowest BCUT2D eigenvalue weighted by Gasteiger charge is -2.14. The molecule has 0 N–H and O–H groups in total. The van der Waals surface area contributed by atoms with Gasteiger partial charge in [-0.25, -0.2) is 13.8 Å². The Morgan fingerprint density at radius 2 is 1.76 bits per heavy atom. The topological polar surface area (TPSA) is 57.7 Å². The van der Waals surface area contributed by atoms with E-state index in [9.17, 15) is 13.6 Å². The fourth-order valence-corrected chi connectivity index (χ4v) is 5.43. The molecule has 9 heteroatoms. The minimum atomic E-state index is -2.87. The van der Waals surface area contributed by atoms with Crippen molar-refractivity contribution in [1.29, 1.82) is 0 Å². The van der Waals surface area contributed by atoms with Crippen LogP contribution in [0, 0.1) is 6.92 Å². The van der Waals surface area contributed by atoms with Crippen LogP contribution in [0.3, 0.4) is 0 Å². The lowest BCUT2D eigenvalue weighted by molar-refractivity contribution is -0.139. The first-order valence-corrected chi connectivity index (χ1v) is 11.9. The number of thiazole rings is 1. The molecule has 0 aliphatic carbocycles. The second-order valence-corrected chi connectivity index (χ2v) is 9.45. The lowest BCUT2D eigenvalue weighted by atomic mass is 10.1. The van der Waals surface area contributed by atoms with Crippen molar-refractivity contribution in [2.24, 2.45) is 0 Å². The van der Waals surface area contributed by atoms with E-state index in [1.54, 1.807) is 44.2 Å². The van der Waals surface area contributed by atoms with Crippen molar-refractivity contribution in [3.63, 3.8) is 0 Å². The molecule has 0 spiro atoms. The van der Waals surface area contributed by atoms with Crippen LogP contribution in [-0.2, 0) is 27.6 Å². The number of aromatic nitrogens is 1. The van der Waals surface area contributed by atoms with Crippen molar-refractivity contribution < 1.29 is 27.8 Å². The van der Waals surface area contributed by atoms with Gasteiger partial charge < -0.3 is 14.2 Å². The molecule has 1 heterocycles. The number of rotatable bonds is 9. The molecule has 0 unspecified atom stereocenters. The number of thioether (sulfide) groups is 1. The minimum Gasteiger partial charge on any atom is -0.496 e. The Morgan fingerprint density at radius 1 is 1.09 bits per heavy atom. The molecule has 3 aromatic rings. The Labute approximate surface area is 200 Å². The molecule has 1 aromatic heterocycles. The number of methoxy groups -OCH3 is 3. The van der Waals surface area contributed by atoms with Crippen molar-refractivity contribution >= 4 is 29.1 Å². The number of benzene rings is 2. The van der Waals surface area contributed by atoms with Gasteiger partial charge in [-0.2, -0.15) is 0 Å². The van der Waals surface area contributed by atoms with E-state index in [4.69, 9.17) is 14.2 Å². The van der Waals surface area contributed by atoms with Crippen molar-refractivity contribution in [2.45, 2.75) is 36.8 Å². The van der Waals surface area contributed by atoms with Crippen molar-refractivity contribution in [3.05, 3.63) is 58.1 Å². The van der Waals surface area contributed by atoms with Gasteiger partial charge in [-0.05, 0) is 13.0 Å². The van der Waals surface area contributed by atoms with Gasteiger partial charge in [-0.3, -0.25) is 4.79 Å². The van der Waals surface area contributed by atoms with Gasteiger partial charge in [-0.1, -0.05) is 24.3 Å². The lowest BCUT2D eigenvalue weighted by Crippen LogP contribution is -2.06. The Hall–Kier alpha value is -2.65. The van der Waals surface area contributed by atoms with Crippen LogP contribution in [0.1, 0.15) is 28.6 Å². The summed E-state index contributed by atoms with van der Waals surface area (Å²) >= 11 is 3.09. The predicted octanol–water partition coefficient (Wildman–Crippen LogP) is 6.26. The monoisotopic (exact) mass is 493 g/mol. The number of hydrogen-bond donors (Lipinski definition) is 0. The predicted molar refractivity (Wildman–Crippen MR) is 127 cm³/mol. The van der Waals surface area contributed by atoms with Gasteiger partial charge >= 0.3 is 5.97 Å². The smallest absolute Gasteiger partial charge is 0.310 e. The van der Waals surface area contributed by atoms with E-state index in [1.165, 1.54) is 30.6 Å². The van der Waals surface area contributed by atoms with E-state index in [2.05, 4.69) is 4.98 Å². The van der Waals surface area contributed by atoms with E-state index in [0.717, 1.165) is 33.0 Å². The van der Waals surface area contributed by atoms with Gasteiger partial charge in [0.05, 0.1) is 38.3 Å². The zero-order chi connectivity index (χ0) is 24.2. The number of aryl methyl sites for hydroxylation is 1. The maximum Gasteiger partial charge on any atom is 0.310 e. The van der Waals surface area contributed by atoms with E-state index < -0.39 is 5.92 Å². The molecule has 0 aliphatic rings. The Morgan fingerprint density at radius 3 is 2.33 bits per heavy atom. The fourth-order valence-electron chi connectivity index (χ4n) is 3.15. The number of halogens is 2. The first kappa shape index (κ1) is 25.0. The van der Waals surface area contributed by atoms with Crippen LogP contribution in [0.2, 0.25) is 0 Å². The summed E-state index contributed by atoms with van der Waals surface area (Å²) < 4.78 is 42.7. The molecule has 0 radical (unpaired) electrons. The second kappa shape index (κ2) is 10.5. The molecule has 0 atom stereocenters. The van der Waals surface area contributed by atoms with Crippen LogP contribution in [0.15, 0.2) is 41.3 Å². The van der Waals surface area contributed by atoms with Gasteiger partial charge in [0.25, 0.3) is 5.92 Å². The maximum atomic E-state index is 13.5. The van der Waals surface area contributed by atoms with Crippen LogP contribution in [0.5, 0.6) is 11.5 Å². The molecule has 33 heavy (non-hydrogen) atoms. The van der Waals surface area contributed by atoms with Gasteiger partial charge in [0.1, 0.15) is 16.5 Å². The third kappa shape index (κ3) is 6.03. The summed E-state index contributed by atoms with van der Waals surface area (Å²) in [4.78, 5) is 18.3. The summed E-state index contributed by atoms with van der Waals surface area (Å²) in [5, 5.41) is 0.780. The summed E-state index contributed by atoms with van der Waals surface area (Å²) in [6.45, 7) is 2.81. The molecule has 0 saturated heterocycles. The van der Waals surface area contributed by atoms with E-state index >= 15 is 0 Å². The Kier molecular flexibility index (Phi) is 7.97. The molecule has 0 bridgehead atoms. The molecule has 0 fully saturated rings. The number of ether oxygens (including phenoxy) is 3. The molecule has 3 rings (SSSR count). The highest BCUT2D eigenvalue weighted by molar-refractivity contribution is 7.98. The average molecular weight is 494 g/mol. The van der Waals surface area contributed by atoms with E-state index in [0.29, 0.717) is 22.8 Å². The molecule has 0 saturated carbocycles. The summed E-state index contributed by atoms with van der Waals surface area (Å²) in [5.74, 6) is -1.40. The maximum absolute atomic E-state index is 13.5.